The van der Waals surface area contributed by atoms with Gasteiger partial charge >= 0.3 is 0 Å². The van der Waals surface area contributed by atoms with Crippen LogP contribution in [0.25, 0.3) is 0 Å². The maximum atomic E-state index is 14.7. The van der Waals surface area contributed by atoms with E-state index in [9.17, 15) is 4.39 Å². The molecule has 3 aliphatic carbocycles. The zero-order valence-corrected chi connectivity index (χ0v) is 15.9. The second kappa shape index (κ2) is 7.39. The van der Waals surface area contributed by atoms with Crippen molar-refractivity contribution in [2.45, 2.75) is 83.7 Å². The van der Waals surface area contributed by atoms with Crippen LogP contribution in [0.3, 0.4) is 0 Å². The fourth-order valence-corrected chi connectivity index (χ4v) is 5.79. The van der Waals surface area contributed by atoms with Gasteiger partial charge < -0.3 is 4.74 Å². The van der Waals surface area contributed by atoms with Crippen LogP contribution in [0.2, 0.25) is 0 Å². The first-order valence-electron chi connectivity index (χ1n) is 10.6. The number of benzene rings is 1. The van der Waals surface area contributed by atoms with Gasteiger partial charge in [-0.25, -0.2) is 4.39 Å². The highest BCUT2D eigenvalue weighted by atomic mass is 19.1. The molecule has 2 fully saturated rings. The highest BCUT2D eigenvalue weighted by Gasteiger charge is 2.36. The quantitative estimate of drug-likeness (QED) is 0.649. The van der Waals surface area contributed by atoms with E-state index in [4.69, 9.17) is 4.74 Å². The van der Waals surface area contributed by atoms with Crippen LogP contribution in [-0.4, -0.2) is 12.7 Å². The Morgan fingerprint density at radius 3 is 2.68 bits per heavy atom. The highest BCUT2D eigenvalue weighted by molar-refractivity contribution is 5.37. The van der Waals surface area contributed by atoms with Crippen LogP contribution in [0.4, 0.5) is 4.39 Å². The molecule has 138 valence electrons. The summed E-state index contributed by atoms with van der Waals surface area (Å²) in [5.74, 6) is 2.94. The van der Waals surface area contributed by atoms with E-state index in [0.29, 0.717) is 17.9 Å². The molecule has 0 heterocycles. The Balaban J connectivity index is 1.46. The van der Waals surface area contributed by atoms with Gasteiger partial charge in [0.15, 0.2) is 0 Å². The molecule has 0 aromatic heterocycles. The Labute approximate surface area is 152 Å². The Bertz CT molecular complexity index is 610. The van der Waals surface area contributed by atoms with Gasteiger partial charge in [-0.3, -0.25) is 0 Å². The van der Waals surface area contributed by atoms with Gasteiger partial charge in [0, 0.05) is 6.61 Å². The summed E-state index contributed by atoms with van der Waals surface area (Å²) in [6.07, 6.45) is 11.3. The fourth-order valence-electron chi connectivity index (χ4n) is 5.79. The topological polar surface area (TPSA) is 9.23 Å². The smallest absolute Gasteiger partial charge is 0.126 e. The molecule has 0 radical (unpaired) electrons. The van der Waals surface area contributed by atoms with Gasteiger partial charge in [-0.2, -0.15) is 0 Å². The number of fused-ring (bicyclic) bond motifs is 2. The number of ether oxygens (including phenoxy) is 1. The van der Waals surface area contributed by atoms with Crippen LogP contribution in [0.5, 0.6) is 0 Å². The SMILES string of the molecule is CCOC1CCC2CC(c3cc(F)c4c(c3)CCC(C)C4)CCC2C1. The maximum Gasteiger partial charge on any atom is 0.126 e. The molecule has 2 heteroatoms. The summed E-state index contributed by atoms with van der Waals surface area (Å²) >= 11 is 0. The Kier molecular flexibility index (Phi) is 5.18. The minimum Gasteiger partial charge on any atom is -0.378 e. The Hall–Kier alpha value is -0.890. The number of hydrogen-bond donors (Lipinski definition) is 0. The predicted octanol–water partition coefficient (Wildman–Crippen LogP) is 6.04. The number of rotatable bonds is 3. The van der Waals surface area contributed by atoms with E-state index in [-0.39, 0.29) is 5.82 Å². The largest absolute Gasteiger partial charge is 0.378 e. The lowest BCUT2D eigenvalue weighted by molar-refractivity contribution is -0.00956. The lowest BCUT2D eigenvalue weighted by Gasteiger charge is -2.42. The van der Waals surface area contributed by atoms with E-state index >= 15 is 0 Å². The number of halogens is 1. The Morgan fingerprint density at radius 2 is 1.84 bits per heavy atom. The molecular formula is C23H33FO. The van der Waals surface area contributed by atoms with Crippen molar-refractivity contribution in [2.75, 3.05) is 6.61 Å². The van der Waals surface area contributed by atoms with Crippen LogP contribution in [0, 0.1) is 23.6 Å². The lowest BCUT2D eigenvalue weighted by Crippen LogP contribution is -2.33. The van der Waals surface area contributed by atoms with E-state index < -0.39 is 0 Å². The first-order valence-corrected chi connectivity index (χ1v) is 10.6. The van der Waals surface area contributed by atoms with Crippen LogP contribution in [0.15, 0.2) is 12.1 Å². The standard InChI is InChI=1S/C23H33FO/c1-3-25-21-9-8-16-11-17(6-7-18(16)13-21)20-12-19-5-4-15(2)10-22(19)23(24)14-20/h12,14-18,21H,3-11,13H2,1-2H3. The third kappa shape index (κ3) is 3.65. The lowest BCUT2D eigenvalue weighted by atomic mass is 9.65. The monoisotopic (exact) mass is 344 g/mol. The van der Waals surface area contributed by atoms with Crippen molar-refractivity contribution in [3.63, 3.8) is 0 Å². The molecule has 1 nitrogen and oxygen atoms in total. The molecule has 0 N–H and O–H groups in total. The van der Waals surface area contributed by atoms with E-state index in [1.165, 1.54) is 56.1 Å². The molecule has 3 aliphatic rings. The predicted molar refractivity (Wildman–Crippen MR) is 100 cm³/mol. The average Bonchev–Trinajstić information content (AvgIpc) is 2.62. The molecular weight excluding hydrogens is 311 g/mol. The van der Waals surface area contributed by atoms with E-state index in [1.807, 2.05) is 6.07 Å². The normalized spacial score (nSPS) is 35.1. The van der Waals surface area contributed by atoms with Crippen molar-refractivity contribution < 1.29 is 9.13 Å². The van der Waals surface area contributed by atoms with E-state index in [1.54, 1.807) is 0 Å². The molecule has 25 heavy (non-hydrogen) atoms. The van der Waals surface area contributed by atoms with Gasteiger partial charge in [-0.15, -0.1) is 0 Å². The van der Waals surface area contributed by atoms with Crippen LogP contribution < -0.4 is 0 Å². The highest BCUT2D eigenvalue weighted by Crippen LogP contribution is 2.47. The fraction of sp³-hybridized carbons (Fsp3) is 0.739. The van der Waals surface area contributed by atoms with Crippen molar-refractivity contribution in [1.29, 1.82) is 0 Å². The van der Waals surface area contributed by atoms with Gasteiger partial charge in [0.25, 0.3) is 0 Å². The van der Waals surface area contributed by atoms with E-state index in [0.717, 1.165) is 36.8 Å². The molecule has 2 saturated carbocycles. The summed E-state index contributed by atoms with van der Waals surface area (Å²) < 4.78 is 20.6. The summed E-state index contributed by atoms with van der Waals surface area (Å²) in [5.41, 5.74) is 3.60. The van der Waals surface area contributed by atoms with Crippen LogP contribution in [-0.2, 0) is 17.6 Å². The van der Waals surface area contributed by atoms with Crippen molar-refractivity contribution in [3.8, 4) is 0 Å². The summed E-state index contributed by atoms with van der Waals surface area (Å²) in [4.78, 5) is 0. The van der Waals surface area contributed by atoms with Crippen LogP contribution in [0.1, 0.15) is 81.4 Å². The molecule has 1 aromatic carbocycles. The Morgan fingerprint density at radius 1 is 1.04 bits per heavy atom. The number of hydrogen-bond acceptors (Lipinski definition) is 1. The molecule has 4 rings (SSSR count). The maximum absolute atomic E-state index is 14.7. The molecule has 0 spiro atoms. The third-order valence-electron chi connectivity index (χ3n) is 7.21. The van der Waals surface area contributed by atoms with Gasteiger partial charge in [0.1, 0.15) is 5.82 Å². The van der Waals surface area contributed by atoms with Crippen molar-refractivity contribution in [2.24, 2.45) is 17.8 Å². The minimum absolute atomic E-state index is 0.0706. The molecule has 0 saturated heterocycles. The summed E-state index contributed by atoms with van der Waals surface area (Å²) in [6.45, 7) is 5.20. The zero-order valence-electron chi connectivity index (χ0n) is 15.9. The van der Waals surface area contributed by atoms with Gasteiger partial charge in [0.2, 0.25) is 0 Å². The van der Waals surface area contributed by atoms with Crippen molar-refractivity contribution in [1.82, 2.24) is 0 Å². The van der Waals surface area contributed by atoms with Gasteiger partial charge in [0.05, 0.1) is 6.10 Å². The van der Waals surface area contributed by atoms with E-state index in [2.05, 4.69) is 19.9 Å². The molecule has 0 bridgehead atoms. The van der Waals surface area contributed by atoms with Gasteiger partial charge in [-0.1, -0.05) is 13.0 Å². The van der Waals surface area contributed by atoms with Gasteiger partial charge in [-0.05, 0) is 111 Å². The first-order chi connectivity index (χ1) is 12.1. The molecule has 5 atom stereocenters. The summed E-state index contributed by atoms with van der Waals surface area (Å²) in [5, 5.41) is 0. The summed E-state index contributed by atoms with van der Waals surface area (Å²) in [6, 6.07) is 4.24. The minimum atomic E-state index is 0.0706. The zero-order chi connectivity index (χ0) is 17.4. The first kappa shape index (κ1) is 17.5. The molecule has 5 unspecified atom stereocenters. The second-order valence-corrected chi connectivity index (χ2v) is 8.91. The summed E-state index contributed by atoms with van der Waals surface area (Å²) in [7, 11) is 0. The number of aryl methyl sites for hydroxylation is 1. The van der Waals surface area contributed by atoms with Crippen molar-refractivity contribution in [3.05, 3.63) is 34.6 Å². The third-order valence-corrected chi connectivity index (χ3v) is 7.21. The molecule has 1 aromatic rings. The second-order valence-electron chi connectivity index (χ2n) is 8.91. The molecule has 0 aliphatic heterocycles. The van der Waals surface area contributed by atoms with Crippen molar-refractivity contribution >= 4 is 0 Å². The molecule has 0 amide bonds. The van der Waals surface area contributed by atoms with Crippen LogP contribution >= 0.6 is 0 Å². The average molecular weight is 345 g/mol.